The summed E-state index contributed by atoms with van der Waals surface area (Å²) < 4.78 is 0.530. The monoisotopic (exact) mass is 329 g/mol. The second-order valence-corrected chi connectivity index (χ2v) is 6.34. The minimum atomic E-state index is -0.488. The zero-order valence-corrected chi connectivity index (χ0v) is 14.2. The summed E-state index contributed by atoms with van der Waals surface area (Å²) in [6, 6.07) is 9.60. The maximum Gasteiger partial charge on any atom is 0.269 e. The number of allylic oxidation sites excluding steroid dienone is 3. The molecule has 1 rings (SSSR count). The Hall–Kier alpha value is -2.61. The van der Waals surface area contributed by atoms with E-state index in [-0.39, 0.29) is 11.3 Å². The third-order valence-corrected chi connectivity index (χ3v) is 4.10. The van der Waals surface area contributed by atoms with Crippen molar-refractivity contribution in [2.24, 2.45) is 0 Å². The van der Waals surface area contributed by atoms with Gasteiger partial charge in [-0.1, -0.05) is 11.8 Å². The van der Waals surface area contributed by atoms with E-state index in [9.17, 15) is 20.6 Å². The van der Waals surface area contributed by atoms with Gasteiger partial charge in [0.2, 0.25) is 0 Å². The molecule has 0 aliphatic carbocycles. The van der Waals surface area contributed by atoms with E-state index in [2.05, 4.69) is 0 Å². The number of quaternary nitrogens is 1. The van der Waals surface area contributed by atoms with Crippen LogP contribution in [0.5, 0.6) is 0 Å². The van der Waals surface area contributed by atoms with Gasteiger partial charge >= 0.3 is 0 Å². The highest BCUT2D eigenvalue weighted by Gasteiger charge is 2.18. The van der Waals surface area contributed by atoms with Crippen molar-refractivity contribution in [1.82, 2.24) is 0 Å². The van der Waals surface area contributed by atoms with Crippen LogP contribution in [0.25, 0.3) is 5.57 Å². The highest BCUT2D eigenvalue weighted by Crippen LogP contribution is 2.29. The van der Waals surface area contributed by atoms with E-state index >= 15 is 0 Å². The van der Waals surface area contributed by atoms with Crippen LogP contribution in [0, 0.1) is 32.8 Å². The molecule has 0 unspecified atom stereocenters. The van der Waals surface area contributed by atoms with Crippen molar-refractivity contribution in [2.75, 3.05) is 27.4 Å². The Kier molecular flexibility index (Phi) is 6.09. The minimum absolute atomic E-state index is 0.0288. The molecule has 0 radical (unpaired) electrons. The molecule has 0 amide bonds. The van der Waals surface area contributed by atoms with E-state index in [1.54, 1.807) is 18.2 Å². The summed E-state index contributed by atoms with van der Waals surface area (Å²) in [6.45, 7) is 0. The number of nitrogens with zero attached hydrogens (tertiary/aromatic N) is 4. The molecule has 6 nitrogen and oxygen atoms in total. The van der Waals surface area contributed by atoms with Crippen LogP contribution in [0.4, 0.5) is 5.69 Å². The van der Waals surface area contributed by atoms with Gasteiger partial charge in [0, 0.05) is 23.8 Å². The number of benzene rings is 1. The summed E-state index contributed by atoms with van der Waals surface area (Å²) in [5.41, 5.74) is 0.985. The highest BCUT2D eigenvalue weighted by molar-refractivity contribution is 8.02. The van der Waals surface area contributed by atoms with Crippen molar-refractivity contribution in [2.45, 2.75) is 0 Å². The molecule has 0 fully saturated rings. The molecular formula is C16H17N4O2S+. The quantitative estimate of drug-likeness (QED) is 0.272. The average molecular weight is 329 g/mol. The standard InChI is InChI=1S/C16H17N4O2S/c1-20(2,3)16(23-4)9-15(13(10-17)11-18)12-5-7-14(8-6-12)19(21)22/h5-9H,1-4H3/q+1/b16-9+. The summed E-state index contributed by atoms with van der Waals surface area (Å²) in [7, 11) is 5.94. The number of nitro benzene ring substituents is 1. The van der Waals surface area contributed by atoms with Gasteiger partial charge in [-0.05, 0) is 24.0 Å². The van der Waals surface area contributed by atoms with Gasteiger partial charge in [0.25, 0.3) is 5.69 Å². The summed E-state index contributed by atoms with van der Waals surface area (Å²) in [5.74, 6) is 0. The average Bonchev–Trinajstić information content (AvgIpc) is 2.50. The fourth-order valence-corrected chi connectivity index (χ4v) is 2.64. The molecule has 23 heavy (non-hydrogen) atoms. The molecule has 0 aliphatic rings. The molecule has 1 aromatic rings. The van der Waals surface area contributed by atoms with Crippen molar-refractivity contribution in [1.29, 1.82) is 10.5 Å². The molecule has 0 saturated carbocycles. The van der Waals surface area contributed by atoms with Crippen LogP contribution in [-0.4, -0.2) is 36.8 Å². The molecule has 0 bridgehead atoms. The molecule has 7 heteroatoms. The van der Waals surface area contributed by atoms with Gasteiger partial charge in [0.15, 0.2) is 5.03 Å². The summed E-state index contributed by atoms with van der Waals surface area (Å²) in [6.07, 6.45) is 3.70. The molecule has 0 N–H and O–H groups in total. The number of non-ortho nitro benzene ring substituents is 1. The first-order chi connectivity index (χ1) is 10.7. The lowest BCUT2D eigenvalue weighted by Gasteiger charge is -2.25. The highest BCUT2D eigenvalue weighted by atomic mass is 32.2. The van der Waals surface area contributed by atoms with E-state index in [1.807, 2.05) is 39.5 Å². The molecule has 0 heterocycles. The van der Waals surface area contributed by atoms with Crippen molar-refractivity contribution in [3.05, 3.63) is 56.6 Å². The number of hydrogen-bond donors (Lipinski definition) is 0. The van der Waals surface area contributed by atoms with E-state index in [0.29, 0.717) is 15.6 Å². The number of rotatable bonds is 5. The Morgan fingerprint density at radius 2 is 1.74 bits per heavy atom. The molecule has 0 spiro atoms. The Morgan fingerprint density at radius 1 is 1.22 bits per heavy atom. The molecule has 0 aliphatic heterocycles. The predicted octanol–water partition coefficient (Wildman–Crippen LogP) is 3.31. The Morgan fingerprint density at radius 3 is 2.09 bits per heavy atom. The molecule has 118 valence electrons. The second-order valence-electron chi connectivity index (χ2n) is 5.52. The zero-order valence-electron chi connectivity index (χ0n) is 13.4. The van der Waals surface area contributed by atoms with Gasteiger partial charge in [-0.15, -0.1) is 0 Å². The maximum absolute atomic E-state index is 10.8. The van der Waals surface area contributed by atoms with Crippen molar-refractivity contribution >= 4 is 23.0 Å². The van der Waals surface area contributed by atoms with Gasteiger partial charge in [0.05, 0.1) is 26.1 Å². The fourth-order valence-electron chi connectivity index (χ4n) is 1.86. The van der Waals surface area contributed by atoms with E-state index in [1.165, 1.54) is 23.9 Å². The van der Waals surface area contributed by atoms with Crippen LogP contribution in [-0.2, 0) is 0 Å². The van der Waals surface area contributed by atoms with Gasteiger partial charge in [-0.2, -0.15) is 10.5 Å². The largest absolute Gasteiger partial charge is 0.293 e. The molecule has 0 aromatic heterocycles. The number of hydrogen-bond acceptors (Lipinski definition) is 5. The van der Waals surface area contributed by atoms with E-state index in [0.717, 1.165) is 5.03 Å². The van der Waals surface area contributed by atoms with E-state index in [4.69, 9.17) is 0 Å². The van der Waals surface area contributed by atoms with Gasteiger partial charge in [-0.25, -0.2) is 0 Å². The van der Waals surface area contributed by atoms with Crippen LogP contribution in [0.15, 0.2) is 40.9 Å². The Balaban J connectivity index is 3.55. The third kappa shape index (κ3) is 4.68. The minimum Gasteiger partial charge on any atom is -0.293 e. The number of nitriles is 2. The first-order valence-electron chi connectivity index (χ1n) is 6.61. The molecule has 1 aromatic carbocycles. The zero-order chi connectivity index (χ0) is 17.6. The van der Waals surface area contributed by atoms with Gasteiger partial charge < -0.3 is 0 Å². The first kappa shape index (κ1) is 18.4. The Labute approximate surface area is 139 Å². The van der Waals surface area contributed by atoms with Crippen LogP contribution >= 0.6 is 11.8 Å². The van der Waals surface area contributed by atoms with Crippen molar-refractivity contribution < 1.29 is 9.41 Å². The lowest BCUT2D eigenvalue weighted by atomic mass is 10.0. The summed E-state index contributed by atoms with van der Waals surface area (Å²) in [4.78, 5) is 10.3. The molecule has 0 saturated heterocycles. The molecular weight excluding hydrogens is 312 g/mol. The van der Waals surface area contributed by atoms with Gasteiger partial charge in [-0.3, -0.25) is 14.6 Å². The fraction of sp³-hybridized carbons (Fsp3) is 0.250. The van der Waals surface area contributed by atoms with Crippen LogP contribution in [0.1, 0.15) is 5.56 Å². The normalized spacial score (nSPS) is 11.3. The molecule has 0 atom stereocenters. The van der Waals surface area contributed by atoms with Gasteiger partial charge in [0.1, 0.15) is 17.7 Å². The van der Waals surface area contributed by atoms with Crippen LogP contribution in [0.2, 0.25) is 0 Å². The lowest BCUT2D eigenvalue weighted by Crippen LogP contribution is -2.31. The van der Waals surface area contributed by atoms with Crippen molar-refractivity contribution in [3.63, 3.8) is 0 Å². The first-order valence-corrected chi connectivity index (χ1v) is 7.84. The SMILES string of the molecule is CS/C(=C/C(=C(C#N)C#N)c1ccc([N+](=O)[O-])cc1)[N+](C)(C)C. The summed E-state index contributed by atoms with van der Waals surface area (Å²) in [5, 5.41) is 30.1. The maximum atomic E-state index is 10.8. The number of nitro groups is 1. The van der Waals surface area contributed by atoms with Crippen molar-refractivity contribution in [3.8, 4) is 12.1 Å². The number of thioether (sulfide) groups is 1. The summed E-state index contributed by atoms with van der Waals surface area (Å²) >= 11 is 1.52. The van der Waals surface area contributed by atoms with Crippen LogP contribution < -0.4 is 0 Å². The topological polar surface area (TPSA) is 90.7 Å². The predicted molar refractivity (Wildman–Crippen MR) is 90.9 cm³/mol. The smallest absolute Gasteiger partial charge is 0.269 e. The van der Waals surface area contributed by atoms with Crippen LogP contribution in [0.3, 0.4) is 0 Å². The van der Waals surface area contributed by atoms with E-state index < -0.39 is 4.92 Å². The third-order valence-electron chi connectivity index (χ3n) is 3.02. The second kappa shape index (κ2) is 7.59. The Bertz CT molecular complexity index is 728. The lowest BCUT2D eigenvalue weighted by molar-refractivity contribution is -0.822.